The van der Waals surface area contributed by atoms with Gasteiger partial charge >= 0.3 is 0 Å². The molecule has 3 rings (SSSR count). The van der Waals surface area contributed by atoms with Gasteiger partial charge in [0.25, 0.3) is 0 Å². The van der Waals surface area contributed by atoms with Gasteiger partial charge in [-0.2, -0.15) is 0 Å². The van der Waals surface area contributed by atoms with Crippen LogP contribution in [0.15, 0.2) is 48.7 Å². The first-order chi connectivity index (χ1) is 10.4. The number of aryl methyl sites for hydroxylation is 1. The highest BCUT2D eigenvalue weighted by molar-refractivity contribution is 5.34. The fraction of sp³-hybridized carbons (Fsp3) is 0.389. The highest BCUT2D eigenvalue weighted by Gasteiger charge is 2.22. The summed E-state index contributed by atoms with van der Waals surface area (Å²) in [5.74, 6) is 0.215. The van der Waals surface area contributed by atoms with E-state index in [2.05, 4.69) is 34.6 Å². The van der Waals surface area contributed by atoms with Gasteiger partial charge in [-0.3, -0.25) is 4.98 Å². The zero-order valence-corrected chi connectivity index (χ0v) is 12.2. The maximum atomic E-state index is 9.59. The molecule has 0 amide bonds. The van der Waals surface area contributed by atoms with Gasteiger partial charge in [-0.15, -0.1) is 0 Å². The van der Waals surface area contributed by atoms with Gasteiger partial charge in [-0.05, 0) is 48.4 Å². The van der Waals surface area contributed by atoms with Crippen LogP contribution in [-0.4, -0.2) is 23.2 Å². The SMILES string of the molecule is OCC(CNC1CCc2ccccc21)Cc1ccccn1. The van der Waals surface area contributed by atoms with Crippen LogP contribution in [0.5, 0.6) is 0 Å². The van der Waals surface area contributed by atoms with Crippen molar-refractivity contribution in [1.29, 1.82) is 0 Å². The summed E-state index contributed by atoms with van der Waals surface area (Å²) in [6.07, 6.45) is 4.93. The maximum absolute atomic E-state index is 9.59. The van der Waals surface area contributed by atoms with Gasteiger partial charge in [0.1, 0.15) is 0 Å². The first-order valence-electron chi connectivity index (χ1n) is 7.69. The van der Waals surface area contributed by atoms with Crippen molar-refractivity contribution in [3.63, 3.8) is 0 Å². The van der Waals surface area contributed by atoms with E-state index in [1.165, 1.54) is 11.1 Å². The zero-order valence-electron chi connectivity index (χ0n) is 12.2. The van der Waals surface area contributed by atoms with Crippen molar-refractivity contribution in [1.82, 2.24) is 10.3 Å². The molecule has 0 bridgehead atoms. The minimum absolute atomic E-state index is 0.192. The minimum atomic E-state index is 0.192. The van der Waals surface area contributed by atoms with Gasteiger partial charge in [0.05, 0.1) is 0 Å². The first-order valence-corrected chi connectivity index (χ1v) is 7.69. The molecule has 0 saturated carbocycles. The van der Waals surface area contributed by atoms with E-state index in [4.69, 9.17) is 0 Å². The molecule has 1 heterocycles. The molecular weight excluding hydrogens is 260 g/mol. The number of pyridine rings is 1. The largest absolute Gasteiger partial charge is 0.396 e. The number of hydrogen-bond acceptors (Lipinski definition) is 3. The number of rotatable bonds is 6. The molecule has 1 aliphatic rings. The van der Waals surface area contributed by atoms with Crippen molar-refractivity contribution < 1.29 is 5.11 Å². The predicted octanol–water partition coefficient (Wildman–Crippen LogP) is 2.51. The second-order valence-corrected chi connectivity index (χ2v) is 5.77. The van der Waals surface area contributed by atoms with Crippen LogP contribution in [0.25, 0.3) is 0 Å². The van der Waals surface area contributed by atoms with E-state index in [1.54, 1.807) is 0 Å². The predicted molar refractivity (Wildman–Crippen MR) is 84.0 cm³/mol. The Morgan fingerprint density at radius 2 is 2.05 bits per heavy atom. The van der Waals surface area contributed by atoms with Crippen LogP contribution in [0.4, 0.5) is 0 Å². The zero-order chi connectivity index (χ0) is 14.5. The number of fused-ring (bicyclic) bond motifs is 1. The smallest absolute Gasteiger partial charge is 0.0475 e. The minimum Gasteiger partial charge on any atom is -0.396 e. The van der Waals surface area contributed by atoms with Crippen LogP contribution in [0, 0.1) is 5.92 Å². The molecular formula is C18H22N2O. The highest BCUT2D eigenvalue weighted by atomic mass is 16.3. The molecule has 0 spiro atoms. The van der Waals surface area contributed by atoms with E-state index in [9.17, 15) is 5.11 Å². The van der Waals surface area contributed by atoms with Gasteiger partial charge < -0.3 is 10.4 Å². The quantitative estimate of drug-likeness (QED) is 0.855. The standard InChI is InChI=1S/C18H22N2O/c21-13-14(11-16-6-3-4-10-19-16)12-20-18-9-8-15-5-1-2-7-17(15)18/h1-7,10,14,18,20-21H,8-9,11-13H2. The Hall–Kier alpha value is -1.71. The molecule has 0 radical (unpaired) electrons. The van der Waals surface area contributed by atoms with Crippen LogP contribution < -0.4 is 5.32 Å². The van der Waals surface area contributed by atoms with Crippen LogP contribution in [0.2, 0.25) is 0 Å². The van der Waals surface area contributed by atoms with E-state index in [1.807, 2.05) is 24.4 Å². The average Bonchev–Trinajstić information content (AvgIpc) is 2.96. The summed E-state index contributed by atoms with van der Waals surface area (Å²) in [6.45, 7) is 1.02. The fourth-order valence-corrected chi connectivity index (χ4v) is 3.09. The molecule has 2 unspecified atom stereocenters. The molecule has 21 heavy (non-hydrogen) atoms. The molecule has 2 aromatic rings. The Bertz CT molecular complexity index is 570. The molecule has 1 aliphatic carbocycles. The lowest BCUT2D eigenvalue weighted by molar-refractivity contribution is 0.217. The van der Waals surface area contributed by atoms with Crippen LogP contribution in [0.1, 0.15) is 29.3 Å². The van der Waals surface area contributed by atoms with Crippen molar-refractivity contribution in [3.05, 3.63) is 65.5 Å². The Labute approximate surface area is 126 Å². The van der Waals surface area contributed by atoms with Crippen molar-refractivity contribution in [2.75, 3.05) is 13.2 Å². The third-order valence-electron chi connectivity index (χ3n) is 4.27. The fourth-order valence-electron chi connectivity index (χ4n) is 3.09. The number of aliphatic hydroxyl groups is 1. The topological polar surface area (TPSA) is 45.1 Å². The number of hydrogen-bond donors (Lipinski definition) is 2. The molecule has 3 nitrogen and oxygen atoms in total. The molecule has 0 fully saturated rings. The summed E-state index contributed by atoms with van der Waals surface area (Å²) in [6, 6.07) is 15.0. The first kappa shape index (κ1) is 14.2. The molecule has 1 aromatic heterocycles. The summed E-state index contributed by atoms with van der Waals surface area (Å²) in [5, 5.41) is 13.2. The van der Waals surface area contributed by atoms with E-state index < -0.39 is 0 Å². The summed E-state index contributed by atoms with van der Waals surface area (Å²) in [5.41, 5.74) is 3.93. The number of aliphatic hydroxyl groups excluding tert-OH is 1. The van der Waals surface area contributed by atoms with Crippen LogP contribution >= 0.6 is 0 Å². The lowest BCUT2D eigenvalue weighted by atomic mass is 10.0. The lowest BCUT2D eigenvalue weighted by Gasteiger charge is -2.19. The molecule has 1 aromatic carbocycles. The van der Waals surface area contributed by atoms with E-state index >= 15 is 0 Å². The van der Waals surface area contributed by atoms with Gasteiger partial charge in [0.15, 0.2) is 0 Å². The number of aromatic nitrogens is 1. The van der Waals surface area contributed by atoms with Gasteiger partial charge in [-0.25, -0.2) is 0 Å². The normalized spacial score (nSPS) is 18.4. The van der Waals surface area contributed by atoms with E-state index in [0.29, 0.717) is 6.04 Å². The Kier molecular flexibility index (Phi) is 4.63. The number of benzene rings is 1. The maximum Gasteiger partial charge on any atom is 0.0475 e. The average molecular weight is 282 g/mol. The molecule has 0 aliphatic heterocycles. The molecule has 0 saturated heterocycles. The highest BCUT2D eigenvalue weighted by Crippen LogP contribution is 2.30. The van der Waals surface area contributed by atoms with Crippen molar-refractivity contribution in [3.8, 4) is 0 Å². The summed E-state index contributed by atoms with van der Waals surface area (Å²) >= 11 is 0. The van der Waals surface area contributed by atoms with E-state index in [0.717, 1.165) is 31.5 Å². The van der Waals surface area contributed by atoms with Gasteiger partial charge in [0, 0.05) is 31.1 Å². The second kappa shape index (κ2) is 6.83. The lowest BCUT2D eigenvalue weighted by Crippen LogP contribution is -2.29. The Balaban J connectivity index is 1.57. The van der Waals surface area contributed by atoms with Crippen LogP contribution in [0.3, 0.4) is 0 Å². The molecule has 2 atom stereocenters. The van der Waals surface area contributed by atoms with Crippen molar-refractivity contribution in [2.24, 2.45) is 5.92 Å². The monoisotopic (exact) mass is 282 g/mol. The summed E-state index contributed by atoms with van der Waals surface area (Å²) < 4.78 is 0. The number of nitrogens with zero attached hydrogens (tertiary/aromatic N) is 1. The second-order valence-electron chi connectivity index (χ2n) is 5.77. The third-order valence-corrected chi connectivity index (χ3v) is 4.27. The molecule has 3 heteroatoms. The van der Waals surface area contributed by atoms with Gasteiger partial charge in [0.2, 0.25) is 0 Å². The van der Waals surface area contributed by atoms with Crippen molar-refractivity contribution in [2.45, 2.75) is 25.3 Å². The molecule has 110 valence electrons. The Morgan fingerprint density at radius 3 is 2.86 bits per heavy atom. The number of nitrogens with one attached hydrogen (secondary N) is 1. The van der Waals surface area contributed by atoms with Crippen LogP contribution in [-0.2, 0) is 12.8 Å². The third kappa shape index (κ3) is 3.49. The van der Waals surface area contributed by atoms with Crippen molar-refractivity contribution >= 4 is 0 Å². The summed E-state index contributed by atoms with van der Waals surface area (Å²) in [7, 11) is 0. The Morgan fingerprint density at radius 1 is 1.19 bits per heavy atom. The summed E-state index contributed by atoms with van der Waals surface area (Å²) in [4.78, 5) is 4.34. The van der Waals surface area contributed by atoms with E-state index in [-0.39, 0.29) is 12.5 Å². The molecule has 2 N–H and O–H groups in total. The van der Waals surface area contributed by atoms with Gasteiger partial charge in [-0.1, -0.05) is 30.3 Å².